The highest BCUT2D eigenvalue weighted by Crippen LogP contribution is 2.36. The van der Waals surface area contributed by atoms with E-state index >= 15 is 0 Å². The van der Waals surface area contributed by atoms with Gasteiger partial charge in [0.1, 0.15) is 5.75 Å². The van der Waals surface area contributed by atoms with E-state index < -0.39 is 16.1 Å². The molecule has 0 spiro atoms. The minimum atomic E-state index is -3.81. The molecule has 166 valence electrons. The molecular formula is C21H31N3O5S. The van der Waals surface area contributed by atoms with Crippen LogP contribution in [-0.4, -0.2) is 49.3 Å². The fraction of sp³-hybridized carbons (Fsp3) is 0.619. The van der Waals surface area contributed by atoms with Crippen molar-refractivity contribution in [3.63, 3.8) is 0 Å². The van der Waals surface area contributed by atoms with Crippen LogP contribution in [0, 0.1) is 12.8 Å². The summed E-state index contributed by atoms with van der Waals surface area (Å²) in [5.74, 6) is -0.420. The average molecular weight is 438 g/mol. The topological polar surface area (TPSA) is 105 Å². The molecule has 2 heterocycles. The molecule has 0 aliphatic carbocycles. The van der Waals surface area contributed by atoms with E-state index in [1.54, 1.807) is 19.9 Å². The van der Waals surface area contributed by atoms with Crippen LogP contribution in [0.2, 0.25) is 0 Å². The van der Waals surface area contributed by atoms with E-state index in [4.69, 9.17) is 4.74 Å². The molecule has 8 nitrogen and oxygen atoms in total. The van der Waals surface area contributed by atoms with Gasteiger partial charge in [0, 0.05) is 24.7 Å². The van der Waals surface area contributed by atoms with Gasteiger partial charge < -0.3 is 15.4 Å². The van der Waals surface area contributed by atoms with Crippen molar-refractivity contribution >= 4 is 27.5 Å². The lowest BCUT2D eigenvalue weighted by Crippen LogP contribution is -2.50. The van der Waals surface area contributed by atoms with E-state index in [1.807, 2.05) is 20.8 Å². The first-order valence-electron chi connectivity index (χ1n) is 10.4. The summed E-state index contributed by atoms with van der Waals surface area (Å²) in [5, 5.41) is 5.76. The lowest BCUT2D eigenvalue weighted by molar-refractivity contribution is -0.127. The van der Waals surface area contributed by atoms with Gasteiger partial charge in [-0.25, -0.2) is 8.42 Å². The van der Waals surface area contributed by atoms with Gasteiger partial charge in [-0.1, -0.05) is 6.92 Å². The molecule has 30 heavy (non-hydrogen) atoms. The van der Waals surface area contributed by atoms with Crippen LogP contribution in [0.15, 0.2) is 17.0 Å². The third kappa shape index (κ3) is 4.46. The zero-order valence-corrected chi connectivity index (χ0v) is 19.1. The summed E-state index contributed by atoms with van der Waals surface area (Å²) in [6.45, 7) is 9.73. The molecule has 2 aliphatic heterocycles. The largest absolute Gasteiger partial charge is 0.479 e. The second kappa shape index (κ2) is 8.19. The summed E-state index contributed by atoms with van der Waals surface area (Å²) in [6, 6.07) is 3.09. The van der Waals surface area contributed by atoms with E-state index in [2.05, 4.69) is 10.6 Å². The minimum absolute atomic E-state index is 0.108. The number of anilines is 1. The number of rotatable bonds is 5. The van der Waals surface area contributed by atoms with Gasteiger partial charge in [-0.05, 0) is 58.6 Å². The van der Waals surface area contributed by atoms with Crippen LogP contribution in [0.4, 0.5) is 5.69 Å². The highest BCUT2D eigenvalue weighted by molar-refractivity contribution is 7.89. The molecule has 1 saturated heterocycles. The molecule has 2 atom stereocenters. The molecule has 9 heteroatoms. The second-order valence-electron chi connectivity index (χ2n) is 8.79. The van der Waals surface area contributed by atoms with Crippen LogP contribution in [0.3, 0.4) is 0 Å². The zero-order chi connectivity index (χ0) is 22.3. The number of amides is 2. The van der Waals surface area contributed by atoms with Gasteiger partial charge in [-0.3, -0.25) is 9.59 Å². The molecule has 2 amide bonds. The van der Waals surface area contributed by atoms with Crippen LogP contribution in [0.25, 0.3) is 0 Å². The van der Waals surface area contributed by atoms with Crippen molar-refractivity contribution in [1.82, 2.24) is 9.62 Å². The standard InChI is InChI=1S/C21H31N3O5S/c1-6-21(4,5)23-20(26)15-8-7-9-24(12-15)30(27,28)18-11-17-16(10-13(18)2)22-19(25)14(3)29-17/h10-11,14-15H,6-9,12H2,1-5H3,(H,22,25)(H,23,26)/t14-,15-/m1/s1. The van der Waals surface area contributed by atoms with E-state index in [9.17, 15) is 18.0 Å². The number of carbonyl (C=O) groups is 2. The minimum Gasteiger partial charge on any atom is -0.479 e. The fourth-order valence-electron chi connectivity index (χ4n) is 3.66. The molecule has 0 aromatic heterocycles. The third-order valence-electron chi connectivity index (χ3n) is 5.93. The Bertz CT molecular complexity index is 958. The molecule has 0 radical (unpaired) electrons. The van der Waals surface area contributed by atoms with E-state index in [1.165, 1.54) is 10.4 Å². The second-order valence-corrected chi connectivity index (χ2v) is 10.7. The molecule has 2 aliphatic rings. The maximum absolute atomic E-state index is 13.4. The Labute approximate surface area is 178 Å². The lowest BCUT2D eigenvalue weighted by atomic mass is 9.95. The Morgan fingerprint density at radius 3 is 2.73 bits per heavy atom. The number of hydrogen-bond donors (Lipinski definition) is 2. The first-order valence-corrected chi connectivity index (χ1v) is 11.8. The maximum Gasteiger partial charge on any atom is 0.265 e. The number of piperidine rings is 1. The molecule has 2 N–H and O–H groups in total. The monoisotopic (exact) mass is 437 g/mol. The van der Waals surface area contributed by atoms with Gasteiger partial charge in [0.2, 0.25) is 15.9 Å². The van der Waals surface area contributed by atoms with Crippen LogP contribution in [0.1, 0.15) is 52.5 Å². The van der Waals surface area contributed by atoms with Crippen molar-refractivity contribution in [1.29, 1.82) is 0 Å². The quantitative estimate of drug-likeness (QED) is 0.736. The van der Waals surface area contributed by atoms with Crippen LogP contribution in [-0.2, 0) is 19.6 Å². The van der Waals surface area contributed by atoms with Crippen molar-refractivity contribution in [3.05, 3.63) is 17.7 Å². The number of nitrogens with one attached hydrogen (secondary N) is 2. The molecule has 3 rings (SSSR count). The van der Waals surface area contributed by atoms with Gasteiger partial charge in [-0.2, -0.15) is 4.31 Å². The van der Waals surface area contributed by atoms with Gasteiger partial charge in [0.05, 0.1) is 16.5 Å². The number of sulfonamides is 1. The number of nitrogens with zero attached hydrogens (tertiary/aromatic N) is 1. The Morgan fingerprint density at radius 1 is 1.37 bits per heavy atom. The van der Waals surface area contributed by atoms with Crippen molar-refractivity contribution in [2.24, 2.45) is 5.92 Å². The van der Waals surface area contributed by atoms with Crippen molar-refractivity contribution in [3.8, 4) is 5.75 Å². The normalized spacial score (nSPS) is 22.6. The van der Waals surface area contributed by atoms with Crippen LogP contribution in [0.5, 0.6) is 5.75 Å². The number of aryl methyl sites for hydroxylation is 1. The Balaban J connectivity index is 1.84. The smallest absolute Gasteiger partial charge is 0.265 e. The van der Waals surface area contributed by atoms with Crippen molar-refractivity contribution in [2.75, 3.05) is 18.4 Å². The summed E-state index contributed by atoms with van der Waals surface area (Å²) in [5.41, 5.74) is 0.657. The molecule has 1 aromatic rings. The van der Waals surface area contributed by atoms with Gasteiger partial charge in [0.25, 0.3) is 5.91 Å². The highest BCUT2D eigenvalue weighted by Gasteiger charge is 2.36. The predicted molar refractivity (Wildman–Crippen MR) is 114 cm³/mol. The van der Waals surface area contributed by atoms with Crippen LogP contribution < -0.4 is 15.4 Å². The number of ether oxygens (including phenoxy) is 1. The van der Waals surface area contributed by atoms with Crippen LogP contribution >= 0.6 is 0 Å². The van der Waals surface area contributed by atoms with E-state index in [0.29, 0.717) is 36.4 Å². The Morgan fingerprint density at radius 2 is 2.07 bits per heavy atom. The molecule has 1 fully saturated rings. The first kappa shape index (κ1) is 22.6. The van der Waals surface area contributed by atoms with Crippen molar-refractivity contribution in [2.45, 2.75) is 70.4 Å². The Kier molecular flexibility index (Phi) is 6.15. The number of benzene rings is 1. The third-order valence-corrected chi connectivity index (χ3v) is 7.93. The molecular weight excluding hydrogens is 406 g/mol. The molecule has 0 saturated carbocycles. The Hall–Kier alpha value is -2.13. The summed E-state index contributed by atoms with van der Waals surface area (Å²) >= 11 is 0. The molecule has 1 aromatic carbocycles. The van der Waals surface area contributed by atoms with Gasteiger partial charge in [0.15, 0.2) is 6.10 Å². The first-order chi connectivity index (χ1) is 13.9. The molecule has 0 unspecified atom stereocenters. The average Bonchev–Trinajstić information content (AvgIpc) is 2.68. The summed E-state index contributed by atoms with van der Waals surface area (Å²) in [7, 11) is -3.81. The van der Waals surface area contributed by atoms with Gasteiger partial charge in [-0.15, -0.1) is 0 Å². The predicted octanol–water partition coefficient (Wildman–Crippen LogP) is 2.42. The van der Waals surface area contributed by atoms with Crippen molar-refractivity contribution < 1.29 is 22.7 Å². The summed E-state index contributed by atoms with van der Waals surface area (Å²) in [4.78, 5) is 24.7. The summed E-state index contributed by atoms with van der Waals surface area (Å²) in [6.07, 6.45) is 1.38. The van der Waals surface area contributed by atoms with E-state index in [-0.39, 0.29) is 34.7 Å². The number of carbonyl (C=O) groups excluding carboxylic acids is 2. The number of hydrogen-bond acceptors (Lipinski definition) is 5. The highest BCUT2D eigenvalue weighted by atomic mass is 32.2. The maximum atomic E-state index is 13.4. The fourth-order valence-corrected chi connectivity index (χ4v) is 5.40. The SMILES string of the molecule is CCC(C)(C)NC(=O)[C@@H]1CCCN(S(=O)(=O)c2cc3c(cc2C)NC(=O)[C@@H](C)O3)C1. The molecule has 0 bridgehead atoms. The van der Waals surface area contributed by atoms with Gasteiger partial charge >= 0.3 is 0 Å². The summed E-state index contributed by atoms with van der Waals surface area (Å²) < 4.78 is 33.8. The number of fused-ring (bicyclic) bond motifs is 1. The van der Waals surface area contributed by atoms with E-state index in [0.717, 1.165) is 6.42 Å². The zero-order valence-electron chi connectivity index (χ0n) is 18.2. The lowest BCUT2D eigenvalue weighted by Gasteiger charge is -2.34.